The molecule has 0 heterocycles. The van der Waals surface area contributed by atoms with Crippen molar-refractivity contribution in [1.82, 2.24) is 0 Å². The van der Waals surface area contributed by atoms with Crippen LogP contribution >= 0.6 is 7.60 Å². The third kappa shape index (κ3) is 2.68. The first-order valence-electron chi connectivity index (χ1n) is 4.67. The van der Waals surface area contributed by atoms with Gasteiger partial charge < -0.3 is 9.05 Å². The van der Waals surface area contributed by atoms with Crippen LogP contribution in [0.3, 0.4) is 0 Å². The molecule has 0 atom stereocenters. The number of hydrogen-bond acceptors (Lipinski definition) is 3. The molecule has 4 heteroatoms. The van der Waals surface area contributed by atoms with E-state index in [-0.39, 0.29) is 0 Å². The molecule has 0 bridgehead atoms. The molecule has 0 spiro atoms. The highest BCUT2D eigenvalue weighted by Gasteiger charge is 2.25. The molecule has 1 rings (SSSR count). The molecule has 0 unspecified atom stereocenters. The van der Waals surface area contributed by atoms with Crippen LogP contribution in [0.5, 0.6) is 0 Å². The Kier molecular flexibility index (Phi) is 4.33. The molecule has 1 aromatic carbocycles. The summed E-state index contributed by atoms with van der Waals surface area (Å²) in [7, 11) is -3.07. The summed E-state index contributed by atoms with van der Waals surface area (Å²) in [4.78, 5) is 0. The Hall–Kier alpha value is -0.630. The minimum absolute atomic E-state index is 0.381. The summed E-state index contributed by atoms with van der Waals surface area (Å²) in [6.45, 7) is 4.36. The molecule has 3 nitrogen and oxygen atoms in total. The van der Waals surface area contributed by atoms with E-state index < -0.39 is 7.60 Å². The maximum Gasteiger partial charge on any atom is 0.361 e. The summed E-state index contributed by atoms with van der Waals surface area (Å²) in [6.07, 6.45) is 0. The minimum atomic E-state index is -3.07. The first kappa shape index (κ1) is 11.4. The van der Waals surface area contributed by atoms with Crippen LogP contribution in [-0.4, -0.2) is 13.2 Å². The fourth-order valence-electron chi connectivity index (χ4n) is 1.14. The highest BCUT2D eigenvalue weighted by atomic mass is 31.2. The van der Waals surface area contributed by atoms with Crippen molar-refractivity contribution < 1.29 is 13.6 Å². The molecular weight excluding hydrogens is 199 g/mol. The quantitative estimate of drug-likeness (QED) is 0.706. The van der Waals surface area contributed by atoms with Gasteiger partial charge in [0.05, 0.1) is 18.5 Å². The van der Waals surface area contributed by atoms with Gasteiger partial charge in [0.2, 0.25) is 0 Å². The Morgan fingerprint density at radius 2 is 1.57 bits per heavy atom. The number of rotatable bonds is 5. The molecule has 0 amide bonds. The van der Waals surface area contributed by atoms with Crippen molar-refractivity contribution in [3.8, 4) is 0 Å². The standard InChI is InChI=1S/C10H15O3P/c1-3-12-14(11,13-4-2)10-8-6-5-7-9-10/h5-9H,3-4H2,1-2H3. The predicted octanol–water partition coefficient (Wildman–Crippen LogP) is 2.58. The summed E-state index contributed by atoms with van der Waals surface area (Å²) in [5.41, 5.74) is 0. The van der Waals surface area contributed by atoms with Gasteiger partial charge in [0.1, 0.15) is 0 Å². The van der Waals surface area contributed by atoms with E-state index in [1.165, 1.54) is 0 Å². The average molecular weight is 214 g/mol. The highest BCUT2D eigenvalue weighted by Crippen LogP contribution is 2.46. The summed E-state index contributed by atoms with van der Waals surface area (Å²) >= 11 is 0. The molecule has 0 aliphatic carbocycles. The Balaban J connectivity index is 2.94. The third-order valence-corrected chi connectivity index (χ3v) is 3.80. The zero-order valence-electron chi connectivity index (χ0n) is 8.47. The fraction of sp³-hybridized carbons (Fsp3) is 0.400. The van der Waals surface area contributed by atoms with Gasteiger partial charge in [-0.05, 0) is 26.0 Å². The van der Waals surface area contributed by atoms with Gasteiger partial charge in [-0.2, -0.15) is 0 Å². The van der Waals surface area contributed by atoms with Crippen LogP contribution in [-0.2, 0) is 13.6 Å². The molecule has 0 aromatic heterocycles. The van der Waals surface area contributed by atoms with Crippen molar-refractivity contribution in [3.63, 3.8) is 0 Å². The lowest BCUT2D eigenvalue weighted by Gasteiger charge is -2.16. The number of hydrogen-bond donors (Lipinski definition) is 0. The number of benzene rings is 1. The van der Waals surface area contributed by atoms with Crippen molar-refractivity contribution in [1.29, 1.82) is 0 Å². The summed E-state index contributed by atoms with van der Waals surface area (Å²) in [5.74, 6) is 0. The normalized spacial score (nSPS) is 11.6. The Morgan fingerprint density at radius 1 is 1.07 bits per heavy atom. The fourth-order valence-corrected chi connectivity index (χ4v) is 2.73. The molecule has 0 aliphatic heterocycles. The summed E-state index contributed by atoms with van der Waals surface area (Å²) in [5, 5.41) is 0.615. The third-order valence-electron chi connectivity index (χ3n) is 1.67. The van der Waals surface area contributed by atoms with Crippen LogP contribution in [0.15, 0.2) is 30.3 Å². The van der Waals surface area contributed by atoms with Crippen molar-refractivity contribution in [3.05, 3.63) is 30.3 Å². The molecule has 0 aliphatic rings. The highest BCUT2D eigenvalue weighted by molar-refractivity contribution is 7.62. The average Bonchev–Trinajstić information content (AvgIpc) is 2.20. The lowest BCUT2D eigenvalue weighted by molar-refractivity contribution is 0.230. The van der Waals surface area contributed by atoms with Crippen molar-refractivity contribution in [2.75, 3.05) is 13.2 Å². The predicted molar refractivity (Wildman–Crippen MR) is 56.9 cm³/mol. The molecular formula is C10H15O3P. The molecule has 0 saturated heterocycles. The monoisotopic (exact) mass is 214 g/mol. The van der Waals surface area contributed by atoms with Gasteiger partial charge in [-0.3, -0.25) is 4.57 Å². The van der Waals surface area contributed by atoms with Crippen LogP contribution in [0.2, 0.25) is 0 Å². The van der Waals surface area contributed by atoms with E-state index >= 15 is 0 Å². The second-order valence-corrected chi connectivity index (χ2v) is 4.70. The molecule has 0 saturated carbocycles. The van der Waals surface area contributed by atoms with E-state index in [2.05, 4.69) is 0 Å². The van der Waals surface area contributed by atoms with Gasteiger partial charge in [-0.25, -0.2) is 0 Å². The Bertz CT molecular complexity index is 300. The first-order chi connectivity index (χ1) is 6.73. The zero-order valence-corrected chi connectivity index (χ0v) is 9.37. The van der Waals surface area contributed by atoms with E-state index in [0.717, 1.165) is 0 Å². The van der Waals surface area contributed by atoms with Gasteiger partial charge in [-0.15, -0.1) is 0 Å². The van der Waals surface area contributed by atoms with E-state index in [0.29, 0.717) is 18.5 Å². The smallest absolute Gasteiger partial charge is 0.305 e. The lowest BCUT2D eigenvalue weighted by Crippen LogP contribution is -2.09. The molecule has 1 aromatic rings. The van der Waals surface area contributed by atoms with Gasteiger partial charge in [0, 0.05) is 0 Å². The van der Waals surface area contributed by atoms with Gasteiger partial charge >= 0.3 is 7.60 Å². The lowest BCUT2D eigenvalue weighted by atomic mass is 10.4. The van der Waals surface area contributed by atoms with Crippen molar-refractivity contribution in [2.45, 2.75) is 13.8 Å². The topological polar surface area (TPSA) is 35.5 Å². The van der Waals surface area contributed by atoms with Crippen molar-refractivity contribution >= 4 is 12.9 Å². The van der Waals surface area contributed by atoms with Crippen LogP contribution < -0.4 is 5.30 Å². The van der Waals surface area contributed by atoms with Crippen LogP contribution in [0, 0.1) is 0 Å². The van der Waals surface area contributed by atoms with Crippen molar-refractivity contribution in [2.24, 2.45) is 0 Å². The maximum atomic E-state index is 12.2. The van der Waals surface area contributed by atoms with E-state index in [1.807, 2.05) is 18.2 Å². The van der Waals surface area contributed by atoms with Gasteiger partial charge in [0.25, 0.3) is 0 Å². The van der Waals surface area contributed by atoms with Crippen LogP contribution in [0.1, 0.15) is 13.8 Å². The van der Waals surface area contributed by atoms with E-state index in [9.17, 15) is 4.57 Å². The SMILES string of the molecule is CCOP(=O)(OCC)c1ccccc1. The first-order valence-corrected chi connectivity index (χ1v) is 6.22. The van der Waals surface area contributed by atoms with E-state index in [1.54, 1.807) is 26.0 Å². The summed E-state index contributed by atoms with van der Waals surface area (Å²) < 4.78 is 22.5. The summed E-state index contributed by atoms with van der Waals surface area (Å²) in [6, 6.07) is 9.02. The molecule has 0 N–H and O–H groups in total. The second kappa shape index (κ2) is 5.30. The molecule has 78 valence electrons. The zero-order chi connectivity index (χ0) is 10.4. The Morgan fingerprint density at radius 3 is 2.00 bits per heavy atom. The second-order valence-electron chi connectivity index (χ2n) is 2.67. The maximum absolute atomic E-state index is 12.2. The molecule has 0 fully saturated rings. The minimum Gasteiger partial charge on any atom is -0.305 e. The van der Waals surface area contributed by atoms with Crippen LogP contribution in [0.25, 0.3) is 0 Å². The molecule has 14 heavy (non-hydrogen) atoms. The Labute approximate surface area is 84.6 Å². The van der Waals surface area contributed by atoms with E-state index in [4.69, 9.17) is 9.05 Å². The van der Waals surface area contributed by atoms with Gasteiger partial charge in [0.15, 0.2) is 0 Å². The molecule has 0 radical (unpaired) electrons. The van der Waals surface area contributed by atoms with Gasteiger partial charge in [-0.1, -0.05) is 18.2 Å². The largest absolute Gasteiger partial charge is 0.361 e. The van der Waals surface area contributed by atoms with Crippen LogP contribution in [0.4, 0.5) is 0 Å².